The van der Waals surface area contributed by atoms with Crippen LogP contribution in [0.25, 0.3) is 0 Å². The number of aromatic nitrogens is 1. The van der Waals surface area contributed by atoms with E-state index in [2.05, 4.69) is 47.3 Å². The normalized spacial score (nSPS) is 19.6. The Bertz CT molecular complexity index is 590. The molecule has 0 radical (unpaired) electrons. The van der Waals surface area contributed by atoms with Gasteiger partial charge in [-0.3, -0.25) is 4.79 Å². The van der Waals surface area contributed by atoms with Crippen molar-refractivity contribution in [2.24, 2.45) is 5.41 Å². The van der Waals surface area contributed by atoms with Gasteiger partial charge in [-0.05, 0) is 46.7 Å². The first kappa shape index (κ1) is 14.9. The van der Waals surface area contributed by atoms with Gasteiger partial charge >= 0.3 is 0 Å². The van der Waals surface area contributed by atoms with Crippen LogP contribution in [-0.2, 0) is 0 Å². The quantitative estimate of drug-likeness (QED) is 0.725. The molecule has 0 aromatic carbocycles. The van der Waals surface area contributed by atoms with Crippen molar-refractivity contribution in [2.45, 2.75) is 46.1 Å². The fraction of sp³-hybridized carbons (Fsp3) is 0.588. The highest BCUT2D eigenvalue weighted by Gasteiger charge is 2.30. The molecule has 1 aliphatic carbocycles. The number of carbonyl (C=O) groups is 1. The van der Waals surface area contributed by atoms with Crippen LogP contribution in [0.2, 0.25) is 0 Å². The summed E-state index contributed by atoms with van der Waals surface area (Å²) in [6.45, 7) is 8.29. The molecule has 1 saturated carbocycles. The van der Waals surface area contributed by atoms with Gasteiger partial charge in [0.2, 0.25) is 0 Å². The molecule has 3 rings (SSSR count). The summed E-state index contributed by atoms with van der Waals surface area (Å²) < 4.78 is 3.15. The molecule has 0 atom stereocenters. The van der Waals surface area contributed by atoms with E-state index in [1.54, 1.807) is 0 Å². The Morgan fingerprint density at radius 3 is 2.57 bits per heavy atom. The van der Waals surface area contributed by atoms with Crippen LogP contribution in [0.4, 0.5) is 0 Å². The van der Waals surface area contributed by atoms with Gasteiger partial charge in [-0.25, -0.2) is 0 Å². The molecule has 4 heteroatoms. The van der Waals surface area contributed by atoms with Crippen LogP contribution in [0.1, 0.15) is 56.6 Å². The second kappa shape index (κ2) is 5.31. The van der Waals surface area contributed by atoms with Gasteiger partial charge in [0.15, 0.2) is 0 Å². The average Bonchev–Trinajstić information content (AvgIpc) is 3.20. The predicted molar refractivity (Wildman–Crippen MR) is 88.5 cm³/mol. The largest absolute Gasteiger partial charge is 0.339 e. The van der Waals surface area contributed by atoms with Gasteiger partial charge in [-0.15, -0.1) is 0 Å². The Morgan fingerprint density at radius 2 is 2.05 bits per heavy atom. The highest BCUT2D eigenvalue weighted by Crippen LogP contribution is 2.38. The molecule has 114 valence electrons. The summed E-state index contributed by atoms with van der Waals surface area (Å²) in [5, 5.41) is 0. The summed E-state index contributed by atoms with van der Waals surface area (Å²) in [4.78, 5) is 14.7. The fourth-order valence-corrected chi connectivity index (χ4v) is 3.41. The zero-order valence-corrected chi connectivity index (χ0v) is 14.6. The molecule has 0 N–H and O–H groups in total. The van der Waals surface area contributed by atoms with E-state index in [1.807, 2.05) is 17.2 Å². The van der Waals surface area contributed by atoms with E-state index < -0.39 is 0 Å². The summed E-state index contributed by atoms with van der Waals surface area (Å²) in [5.74, 6) is 0.164. The molecule has 2 heterocycles. The molecule has 1 aliphatic heterocycles. The highest BCUT2D eigenvalue weighted by molar-refractivity contribution is 9.10. The monoisotopic (exact) mass is 350 g/mol. The molecule has 1 aromatic rings. The number of rotatable bonds is 2. The van der Waals surface area contributed by atoms with Crippen LogP contribution in [0, 0.1) is 5.41 Å². The van der Waals surface area contributed by atoms with Gasteiger partial charge in [0.05, 0.1) is 0 Å². The number of carbonyl (C=O) groups excluding carboxylic acids is 1. The molecule has 0 spiro atoms. The molecule has 1 amide bonds. The molecular formula is C17H23BrN2O. The van der Waals surface area contributed by atoms with Crippen molar-refractivity contribution >= 4 is 21.8 Å². The number of hydrogen-bond donors (Lipinski definition) is 0. The molecule has 0 unspecified atom stereocenters. The molecule has 0 bridgehead atoms. The number of amides is 1. The van der Waals surface area contributed by atoms with E-state index in [4.69, 9.17) is 0 Å². The van der Waals surface area contributed by atoms with Crippen molar-refractivity contribution in [3.8, 4) is 0 Å². The van der Waals surface area contributed by atoms with Gasteiger partial charge in [0.1, 0.15) is 5.69 Å². The molecular weight excluding hydrogens is 328 g/mol. The van der Waals surface area contributed by atoms with Gasteiger partial charge in [-0.2, -0.15) is 0 Å². The lowest BCUT2D eigenvalue weighted by Gasteiger charge is -2.32. The van der Waals surface area contributed by atoms with Gasteiger partial charge in [0.25, 0.3) is 5.91 Å². The Morgan fingerprint density at radius 1 is 1.33 bits per heavy atom. The van der Waals surface area contributed by atoms with E-state index >= 15 is 0 Å². The molecule has 2 aliphatic rings. The second-order valence-corrected chi connectivity index (χ2v) is 8.08. The minimum atomic E-state index is 0.164. The average molecular weight is 351 g/mol. The van der Waals surface area contributed by atoms with Crippen LogP contribution in [0.5, 0.6) is 0 Å². The molecule has 3 nitrogen and oxygen atoms in total. The third-order valence-electron chi connectivity index (χ3n) is 4.43. The molecule has 1 aromatic heterocycles. The summed E-state index contributed by atoms with van der Waals surface area (Å²) in [6.07, 6.45) is 7.65. The summed E-state index contributed by atoms with van der Waals surface area (Å²) in [5.41, 5.74) is 2.51. The first-order valence-electron chi connectivity index (χ1n) is 7.72. The third kappa shape index (κ3) is 3.10. The minimum absolute atomic E-state index is 0.164. The van der Waals surface area contributed by atoms with E-state index in [-0.39, 0.29) is 11.3 Å². The van der Waals surface area contributed by atoms with Crippen molar-refractivity contribution in [3.63, 3.8) is 0 Å². The van der Waals surface area contributed by atoms with Crippen LogP contribution in [0.3, 0.4) is 0 Å². The van der Waals surface area contributed by atoms with E-state index in [1.165, 1.54) is 18.4 Å². The maximum absolute atomic E-state index is 12.8. The van der Waals surface area contributed by atoms with Crippen molar-refractivity contribution < 1.29 is 4.79 Å². The van der Waals surface area contributed by atoms with Gasteiger partial charge in [-0.1, -0.05) is 32.4 Å². The maximum atomic E-state index is 12.8. The van der Waals surface area contributed by atoms with E-state index in [0.717, 1.165) is 29.7 Å². The zero-order valence-electron chi connectivity index (χ0n) is 13.0. The van der Waals surface area contributed by atoms with Crippen LogP contribution >= 0.6 is 15.9 Å². The lowest BCUT2D eigenvalue weighted by atomic mass is 9.83. The van der Waals surface area contributed by atoms with Crippen LogP contribution in [-0.4, -0.2) is 28.5 Å². The van der Waals surface area contributed by atoms with E-state index in [0.29, 0.717) is 6.04 Å². The number of hydrogen-bond acceptors (Lipinski definition) is 1. The number of halogens is 1. The van der Waals surface area contributed by atoms with Crippen LogP contribution in [0.15, 0.2) is 28.4 Å². The standard InChI is InChI=1S/C17H23BrN2O/c1-17(2,3)12-6-8-19(9-7-12)16(21)15-10-13(18)11-20(15)14-4-5-14/h6,10-11,14H,4-5,7-9H2,1-3H3. The molecule has 21 heavy (non-hydrogen) atoms. The SMILES string of the molecule is CC(C)(C)C1=CCN(C(=O)c2cc(Br)cn2C2CC2)CC1. The second-order valence-electron chi connectivity index (χ2n) is 7.16. The Kier molecular flexibility index (Phi) is 3.76. The first-order chi connectivity index (χ1) is 9.86. The van der Waals surface area contributed by atoms with Gasteiger partial charge in [0, 0.05) is 29.8 Å². The van der Waals surface area contributed by atoms with E-state index in [9.17, 15) is 4.79 Å². The smallest absolute Gasteiger partial charge is 0.270 e. The topological polar surface area (TPSA) is 25.2 Å². The number of nitrogens with zero attached hydrogens (tertiary/aromatic N) is 2. The maximum Gasteiger partial charge on any atom is 0.270 e. The Labute approximate surface area is 135 Å². The molecule has 0 saturated heterocycles. The Balaban J connectivity index is 1.77. The first-order valence-corrected chi connectivity index (χ1v) is 8.52. The fourth-order valence-electron chi connectivity index (χ4n) is 2.97. The van der Waals surface area contributed by atoms with Crippen molar-refractivity contribution in [3.05, 3.63) is 34.1 Å². The van der Waals surface area contributed by atoms with Crippen molar-refractivity contribution in [2.75, 3.05) is 13.1 Å². The lowest BCUT2D eigenvalue weighted by Crippen LogP contribution is -2.37. The van der Waals surface area contributed by atoms with Crippen molar-refractivity contribution in [1.29, 1.82) is 0 Å². The summed E-state index contributed by atoms with van der Waals surface area (Å²) >= 11 is 3.50. The highest BCUT2D eigenvalue weighted by atomic mass is 79.9. The Hall–Kier alpha value is -1.03. The zero-order chi connectivity index (χ0) is 15.2. The third-order valence-corrected chi connectivity index (χ3v) is 4.87. The van der Waals surface area contributed by atoms with Crippen LogP contribution < -0.4 is 0 Å². The minimum Gasteiger partial charge on any atom is -0.339 e. The molecule has 1 fully saturated rings. The lowest BCUT2D eigenvalue weighted by molar-refractivity contribution is 0.0754. The van der Waals surface area contributed by atoms with Crippen molar-refractivity contribution in [1.82, 2.24) is 9.47 Å². The summed E-state index contributed by atoms with van der Waals surface area (Å²) in [6, 6.07) is 2.49. The predicted octanol–water partition coefficient (Wildman–Crippen LogP) is 4.40. The summed E-state index contributed by atoms with van der Waals surface area (Å²) in [7, 11) is 0. The van der Waals surface area contributed by atoms with Gasteiger partial charge < -0.3 is 9.47 Å².